The lowest BCUT2D eigenvalue weighted by atomic mass is 9.69. The molecule has 4 nitrogen and oxygen atoms in total. The Kier molecular flexibility index (Phi) is 3.64. The number of ether oxygens (including phenoxy) is 2. The van der Waals surface area contributed by atoms with E-state index in [9.17, 15) is 9.90 Å². The van der Waals surface area contributed by atoms with Crippen LogP contribution >= 0.6 is 15.9 Å². The first-order chi connectivity index (χ1) is 8.51. The summed E-state index contributed by atoms with van der Waals surface area (Å²) in [7, 11) is 1.60. The molecule has 1 heterocycles. The van der Waals surface area contributed by atoms with Crippen LogP contribution in [0.25, 0.3) is 0 Å². The fourth-order valence-electron chi connectivity index (χ4n) is 2.20. The summed E-state index contributed by atoms with van der Waals surface area (Å²) < 4.78 is 11.3. The van der Waals surface area contributed by atoms with Gasteiger partial charge in [0, 0.05) is 0 Å². The van der Waals surface area contributed by atoms with E-state index in [1.54, 1.807) is 14.0 Å². The molecule has 2 rings (SSSR count). The molecular formula is C13H15BrO4. The van der Waals surface area contributed by atoms with Crippen molar-refractivity contribution in [1.82, 2.24) is 0 Å². The second-order valence-electron chi connectivity index (χ2n) is 4.56. The van der Waals surface area contributed by atoms with E-state index in [1.807, 2.05) is 18.2 Å². The van der Waals surface area contributed by atoms with Gasteiger partial charge in [0.25, 0.3) is 0 Å². The van der Waals surface area contributed by atoms with Crippen molar-refractivity contribution in [3.05, 3.63) is 28.2 Å². The Morgan fingerprint density at radius 3 is 2.61 bits per heavy atom. The van der Waals surface area contributed by atoms with Crippen LogP contribution in [-0.4, -0.2) is 31.4 Å². The van der Waals surface area contributed by atoms with Crippen molar-refractivity contribution in [3.8, 4) is 5.75 Å². The third-order valence-electron chi connectivity index (χ3n) is 3.65. The monoisotopic (exact) mass is 314 g/mol. The van der Waals surface area contributed by atoms with Crippen molar-refractivity contribution >= 4 is 21.9 Å². The number of hydrogen-bond acceptors (Lipinski definition) is 3. The lowest BCUT2D eigenvalue weighted by Crippen LogP contribution is -2.53. The maximum Gasteiger partial charge on any atom is 0.307 e. The van der Waals surface area contributed by atoms with Gasteiger partial charge in [0.1, 0.15) is 5.75 Å². The largest absolute Gasteiger partial charge is 0.496 e. The Balaban J connectivity index is 2.39. The van der Waals surface area contributed by atoms with Gasteiger partial charge >= 0.3 is 5.97 Å². The number of halogens is 1. The van der Waals surface area contributed by atoms with Gasteiger partial charge < -0.3 is 14.6 Å². The molecular weight excluding hydrogens is 300 g/mol. The van der Waals surface area contributed by atoms with Crippen LogP contribution in [0.2, 0.25) is 0 Å². The van der Waals surface area contributed by atoms with E-state index in [0.717, 1.165) is 15.8 Å². The number of methoxy groups -OCH3 is 1. The topological polar surface area (TPSA) is 55.8 Å². The summed E-state index contributed by atoms with van der Waals surface area (Å²) in [5.74, 6) is -0.547. The zero-order chi connectivity index (χ0) is 13.3. The summed E-state index contributed by atoms with van der Waals surface area (Å²) in [4.78, 5) is 11.2. The molecule has 0 amide bonds. The van der Waals surface area contributed by atoms with Crippen LogP contribution in [0.3, 0.4) is 0 Å². The summed E-state index contributed by atoms with van der Waals surface area (Å²) in [6.07, 6.45) is 0. The van der Waals surface area contributed by atoms with Gasteiger partial charge in [-0.1, -0.05) is 13.0 Å². The maximum atomic E-state index is 11.2. The van der Waals surface area contributed by atoms with Crippen molar-refractivity contribution in [2.75, 3.05) is 20.3 Å². The Hall–Kier alpha value is -1.07. The van der Waals surface area contributed by atoms with E-state index in [2.05, 4.69) is 15.9 Å². The highest BCUT2D eigenvalue weighted by atomic mass is 79.9. The van der Waals surface area contributed by atoms with Gasteiger partial charge in [-0.2, -0.15) is 0 Å². The lowest BCUT2D eigenvalue weighted by Gasteiger charge is -2.44. The normalized spacial score (nSPS) is 18.8. The van der Waals surface area contributed by atoms with Gasteiger partial charge in [-0.3, -0.25) is 4.79 Å². The van der Waals surface area contributed by atoms with Gasteiger partial charge in [0.2, 0.25) is 0 Å². The molecule has 1 fully saturated rings. The van der Waals surface area contributed by atoms with Gasteiger partial charge in [0.15, 0.2) is 0 Å². The standard InChI is InChI=1S/C13H15BrO4/c1-8(12(15)16)13(6-18-7-13)9-3-4-11(17-2)10(14)5-9/h3-5,8H,6-7H2,1-2H3,(H,15,16). The molecule has 1 aromatic carbocycles. The lowest BCUT2D eigenvalue weighted by molar-refractivity contribution is -0.155. The third-order valence-corrected chi connectivity index (χ3v) is 4.26. The minimum atomic E-state index is -0.801. The second kappa shape index (κ2) is 4.90. The van der Waals surface area contributed by atoms with Crippen LogP contribution in [0.5, 0.6) is 5.75 Å². The van der Waals surface area contributed by atoms with E-state index >= 15 is 0 Å². The fraction of sp³-hybridized carbons (Fsp3) is 0.462. The third kappa shape index (κ3) is 2.01. The molecule has 1 unspecified atom stereocenters. The van der Waals surface area contributed by atoms with Crippen LogP contribution < -0.4 is 4.74 Å². The molecule has 0 bridgehead atoms. The van der Waals surface area contributed by atoms with E-state index in [0.29, 0.717) is 13.2 Å². The number of rotatable bonds is 4. The molecule has 1 aromatic rings. The zero-order valence-electron chi connectivity index (χ0n) is 10.3. The first-order valence-electron chi connectivity index (χ1n) is 5.66. The van der Waals surface area contributed by atoms with Crippen LogP contribution in [0, 0.1) is 5.92 Å². The van der Waals surface area contributed by atoms with Crippen LogP contribution in [0.15, 0.2) is 22.7 Å². The fourth-order valence-corrected chi connectivity index (χ4v) is 2.74. The van der Waals surface area contributed by atoms with Gasteiger partial charge in [-0.05, 0) is 33.6 Å². The molecule has 0 radical (unpaired) electrons. The smallest absolute Gasteiger partial charge is 0.307 e. The van der Waals surface area contributed by atoms with Gasteiger partial charge in [0.05, 0.1) is 36.1 Å². The molecule has 18 heavy (non-hydrogen) atoms. The minimum absolute atomic E-state index is 0.430. The van der Waals surface area contributed by atoms with E-state index in [1.165, 1.54) is 0 Å². The Morgan fingerprint density at radius 2 is 2.22 bits per heavy atom. The van der Waals surface area contributed by atoms with Crippen LogP contribution in [0.4, 0.5) is 0 Å². The number of aliphatic carboxylic acids is 1. The van der Waals surface area contributed by atoms with Gasteiger partial charge in [-0.25, -0.2) is 0 Å². The van der Waals surface area contributed by atoms with Crippen LogP contribution in [0.1, 0.15) is 12.5 Å². The van der Waals surface area contributed by atoms with E-state index < -0.39 is 17.3 Å². The van der Waals surface area contributed by atoms with Gasteiger partial charge in [-0.15, -0.1) is 0 Å². The number of carboxylic acid groups (broad SMARTS) is 1. The quantitative estimate of drug-likeness (QED) is 0.927. The molecule has 0 spiro atoms. The predicted octanol–water partition coefficient (Wildman–Crippen LogP) is 2.45. The van der Waals surface area contributed by atoms with Crippen molar-refractivity contribution in [3.63, 3.8) is 0 Å². The average molecular weight is 315 g/mol. The molecule has 1 atom stereocenters. The number of carboxylic acids is 1. The highest BCUT2D eigenvalue weighted by Gasteiger charge is 2.48. The summed E-state index contributed by atoms with van der Waals surface area (Å²) in [6.45, 7) is 2.61. The highest BCUT2D eigenvalue weighted by Crippen LogP contribution is 2.41. The molecule has 5 heteroatoms. The summed E-state index contributed by atoms with van der Waals surface area (Å²) >= 11 is 3.43. The summed E-state index contributed by atoms with van der Waals surface area (Å²) in [5.41, 5.74) is 0.539. The van der Waals surface area contributed by atoms with Crippen molar-refractivity contribution in [2.24, 2.45) is 5.92 Å². The zero-order valence-corrected chi connectivity index (χ0v) is 11.9. The average Bonchev–Trinajstić information content (AvgIpc) is 2.27. The molecule has 98 valence electrons. The molecule has 1 aliphatic rings. The number of hydrogen-bond donors (Lipinski definition) is 1. The molecule has 0 saturated carbocycles. The molecule has 0 aliphatic carbocycles. The predicted molar refractivity (Wildman–Crippen MR) is 70.0 cm³/mol. The Morgan fingerprint density at radius 1 is 1.56 bits per heavy atom. The molecule has 1 aliphatic heterocycles. The van der Waals surface area contributed by atoms with E-state index in [-0.39, 0.29) is 0 Å². The van der Waals surface area contributed by atoms with E-state index in [4.69, 9.17) is 9.47 Å². The number of carbonyl (C=O) groups is 1. The van der Waals surface area contributed by atoms with Crippen molar-refractivity contribution in [2.45, 2.75) is 12.3 Å². The number of benzene rings is 1. The van der Waals surface area contributed by atoms with Crippen LogP contribution in [-0.2, 0) is 14.9 Å². The Labute approximate surface area is 114 Å². The molecule has 1 saturated heterocycles. The second-order valence-corrected chi connectivity index (χ2v) is 5.41. The Bertz CT molecular complexity index is 468. The highest BCUT2D eigenvalue weighted by molar-refractivity contribution is 9.10. The summed E-state index contributed by atoms with van der Waals surface area (Å²) in [5, 5.41) is 9.22. The molecule has 0 aromatic heterocycles. The van der Waals surface area contributed by atoms with Crippen molar-refractivity contribution < 1.29 is 19.4 Å². The summed E-state index contributed by atoms with van der Waals surface area (Å²) in [6, 6.07) is 5.67. The SMILES string of the molecule is COc1ccc(C2(C(C)C(=O)O)COC2)cc1Br. The minimum Gasteiger partial charge on any atom is -0.496 e. The van der Waals surface area contributed by atoms with Crippen molar-refractivity contribution in [1.29, 1.82) is 0 Å². The maximum absolute atomic E-state index is 11.2. The first-order valence-corrected chi connectivity index (χ1v) is 6.45. The molecule has 1 N–H and O–H groups in total. The first kappa shape index (κ1) is 13.4.